The molecule has 0 bridgehead atoms. The van der Waals surface area contributed by atoms with Crippen molar-refractivity contribution in [2.75, 3.05) is 13.1 Å². The molecule has 0 aliphatic carbocycles. The molecular formula is C18H21N3O3. The van der Waals surface area contributed by atoms with Crippen molar-refractivity contribution in [1.82, 2.24) is 15.2 Å². The van der Waals surface area contributed by atoms with E-state index in [1.54, 1.807) is 23.2 Å². The number of rotatable bonds is 5. The molecule has 2 aromatic heterocycles. The van der Waals surface area contributed by atoms with Crippen molar-refractivity contribution in [3.8, 4) is 0 Å². The Morgan fingerprint density at radius 2 is 2.17 bits per heavy atom. The molecule has 126 valence electrons. The number of likely N-dealkylation sites (tertiary alicyclic amines) is 1. The van der Waals surface area contributed by atoms with Crippen LogP contribution in [0.15, 0.2) is 47.2 Å². The van der Waals surface area contributed by atoms with Gasteiger partial charge in [0.2, 0.25) is 5.91 Å². The fraction of sp³-hybridized carbons (Fsp3) is 0.389. The Labute approximate surface area is 140 Å². The van der Waals surface area contributed by atoms with Crippen LogP contribution in [0.1, 0.15) is 35.5 Å². The van der Waals surface area contributed by atoms with Gasteiger partial charge < -0.3 is 14.6 Å². The van der Waals surface area contributed by atoms with Crippen LogP contribution in [0, 0.1) is 0 Å². The zero-order valence-electron chi connectivity index (χ0n) is 13.5. The summed E-state index contributed by atoms with van der Waals surface area (Å²) in [5.41, 5.74) is 0.935. The van der Waals surface area contributed by atoms with Crippen LogP contribution in [0.4, 0.5) is 0 Å². The number of carbonyl (C=O) groups excluding carboxylic acids is 2. The Balaban J connectivity index is 1.58. The van der Waals surface area contributed by atoms with E-state index in [0.29, 0.717) is 25.9 Å². The number of carbonyl (C=O) groups is 2. The molecule has 6 heteroatoms. The Morgan fingerprint density at radius 3 is 2.92 bits per heavy atom. The van der Waals surface area contributed by atoms with E-state index in [1.807, 2.05) is 18.2 Å². The molecule has 1 fully saturated rings. The highest BCUT2D eigenvalue weighted by atomic mass is 16.3. The molecule has 1 saturated heterocycles. The Bertz CT molecular complexity index is 670. The highest BCUT2D eigenvalue weighted by molar-refractivity contribution is 5.95. The van der Waals surface area contributed by atoms with Gasteiger partial charge in [0.1, 0.15) is 6.04 Å². The van der Waals surface area contributed by atoms with Crippen LogP contribution in [-0.4, -0.2) is 40.8 Å². The lowest BCUT2D eigenvalue weighted by Crippen LogP contribution is -2.52. The first-order chi connectivity index (χ1) is 11.8. The summed E-state index contributed by atoms with van der Waals surface area (Å²) < 4.78 is 5.18. The molecule has 0 aromatic carbocycles. The largest absolute Gasteiger partial charge is 0.459 e. The lowest BCUT2D eigenvalue weighted by Gasteiger charge is -2.34. The second kappa shape index (κ2) is 7.77. The van der Waals surface area contributed by atoms with Gasteiger partial charge in [-0.25, -0.2) is 0 Å². The van der Waals surface area contributed by atoms with Crippen LogP contribution in [0.25, 0.3) is 0 Å². The minimum atomic E-state index is -0.430. The van der Waals surface area contributed by atoms with Crippen molar-refractivity contribution in [2.45, 2.75) is 31.7 Å². The number of furan rings is 1. The van der Waals surface area contributed by atoms with E-state index in [4.69, 9.17) is 4.42 Å². The first-order valence-electron chi connectivity index (χ1n) is 8.28. The second-order valence-corrected chi connectivity index (χ2v) is 5.85. The topological polar surface area (TPSA) is 75.4 Å². The number of hydrogen-bond donors (Lipinski definition) is 1. The van der Waals surface area contributed by atoms with Gasteiger partial charge in [-0.15, -0.1) is 0 Å². The molecule has 0 radical (unpaired) electrons. The number of aromatic nitrogens is 1. The summed E-state index contributed by atoms with van der Waals surface area (Å²) in [6, 6.07) is 8.60. The molecule has 2 aromatic rings. The summed E-state index contributed by atoms with van der Waals surface area (Å²) in [5.74, 6) is -0.0432. The van der Waals surface area contributed by atoms with Crippen molar-refractivity contribution >= 4 is 11.8 Å². The summed E-state index contributed by atoms with van der Waals surface area (Å²) in [4.78, 5) is 30.9. The van der Waals surface area contributed by atoms with Crippen molar-refractivity contribution < 1.29 is 14.0 Å². The molecule has 1 N–H and O–H groups in total. The molecule has 6 nitrogen and oxygen atoms in total. The minimum Gasteiger partial charge on any atom is -0.459 e. The van der Waals surface area contributed by atoms with Gasteiger partial charge in [-0.1, -0.05) is 6.07 Å². The number of piperidine rings is 1. The van der Waals surface area contributed by atoms with Gasteiger partial charge in [-0.05, 0) is 43.5 Å². The van der Waals surface area contributed by atoms with Crippen molar-refractivity contribution in [3.63, 3.8) is 0 Å². The Kier molecular flexibility index (Phi) is 5.25. The number of pyridine rings is 1. The van der Waals surface area contributed by atoms with Crippen LogP contribution in [-0.2, 0) is 11.2 Å². The fourth-order valence-electron chi connectivity index (χ4n) is 2.97. The normalized spacial score (nSPS) is 17.5. The van der Waals surface area contributed by atoms with Crippen LogP contribution in [0.3, 0.4) is 0 Å². The third-order valence-corrected chi connectivity index (χ3v) is 4.20. The van der Waals surface area contributed by atoms with E-state index in [1.165, 1.54) is 6.26 Å². The Hall–Kier alpha value is -2.63. The molecule has 1 aliphatic rings. The quantitative estimate of drug-likeness (QED) is 0.912. The molecule has 0 saturated carbocycles. The average molecular weight is 327 g/mol. The second-order valence-electron chi connectivity index (χ2n) is 5.85. The van der Waals surface area contributed by atoms with E-state index in [0.717, 1.165) is 18.5 Å². The van der Waals surface area contributed by atoms with Crippen LogP contribution in [0.2, 0.25) is 0 Å². The van der Waals surface area contributed by atoms with Gasteiger partial charge in [-0.2, -0.15) is 0 Å². The van der Waals surface area contributed by atoms with E-state index in [2.05, 4.69) is 10.3 Å². The van der Waals surface area contributed by atoms with Gasteiger partial charge >= 0.3 is 0 Å². The predicted octanol–water partition coefficient (Wildman–Crippen LogP) is 2.03. The van der Waals surface area contributed by atoms with Crippen LogP contribution < -0.4 is 5.32 Å². The average Bonchev–Trinajstić information content (AvgIpc) is 3.16. The smallest absolute Gasteiger partial charge is 0.290 e. The van der Waals surface area contributed by atoms with Gasteiger partial charge in [0.25, 0.3) is 5.91 Å². The molecule has 2 amide bonds. The first-order valence-corrected chi connectivity index (χ1v) is 8.28. The van der Waals surface area contributed by atoms with Crippen LogP contribution in [0.5, 0.6) is 0 Å². The minimum absolute atomic E-state index is 0.106. The number of nitrogens with zero attached hydrogens (tertiary/aromatic N) is 2. The van der Waals surface area contributed by atoms with E-state index in [9.17, 15) is 9.59 Å². The molecule has 1 unspecified atom stereocenters. The lowest BCUT2D eigenvalue weighted by molar-refractivity contribution is -0.126. The zero-order valence-corrected chi connectivity index (χ0v) is 13.5. The molecule has 24 heavy (non-hydrogen) atoms. The number of amides is 2. The molecule has 3 rings (SSSR count). The van der Waals surface area contributed by atoms with Crippen molar-refractivity contribution in [2.24, 2.45) is 0 Å². The summed E-state index contributed by atoms with van der Waals surface area (Å²) in [6.07, 6.45) is 6.42. The monoisotopic (exact) mass is 327 g/mol. The highest BCUT2D eigenvalue weighted by Crippen LogP contribution is 2.20. The predicted molar refractivity (Wildman–Crippen MR) is 88.3 cm³/mol. The van der Waals surface area contributed by atoms with Gasteiger partial charge in [0, 0.05) is 31.4 Å². The maximum Gasteiger partial charge on any atom is 0.290 e. The molecular weight excluding hydrogens is 306 g/mol. The zero-order chi connectivity index (χ0) is 16.8. The molecule has 1 aliphatic heterocycles. The van der Waals surface area contributed by atoms with Gasteiger partial charge in [-0.3, -0.25) is 14.6 Å². The first kappa shape index (κ1) is 16.2. The Morgan fingerprint density at radius 1 is 1.25 bits per heavy atom. The maximum atomic E-state index is 12.5. The van der Waals surface area contributed by atoms with Crippen molar-refractivity contribution in [1.29, 1.82) is 0 Å². The lowest BCUT2D eigenvalue weighted by atomic mass is 10.0. The summed E-state index contributed by atoms with van der Waals surface area (Å²) >= 11 is 0. The molecule has 0 spiro atoms. The number of hydrogen-bond acceptors (Lipinski definition) is 4. The number of nitrogens with one attached hydrogen (secondary N) is 1. The van der Waals surface area contributed by atoms with E-state index >= 15 is 0 Å². The fourth-order valence-corrected chi connectivity index (χ4v) is 2.97. The summed E-state index contributed by atoms with van der Waals surface area (Å²) in [7, 11) is 0. The highest BCUT2D eigenvalue weighted by Gasteiger charge is 2.33. The van der Waals surface area contributed by atoms with E-state index < -0.39 is 6.04 Å². The van der Waals surface area contributed by atoms with Gasteiger partial charge in [0.05, 0.1) is 6.26 Å². The molecule has 3 heterocycles. The summed E-state index contributed by atoms with van der Waals surface area (Å²) in [6.45, 7) is 1.09. The van der Waals surface area contributed by atoms with Gasteiger partial charge in [0.15, 0.2) is 5.76 Å². The third kappa shape index (κ3) is 3.82. The SMILES string of the molecule is O=C(NCCc1ccccn1)C1CCCCN1C(=O)c1ccco1. The van der Waals surface area contributed by atoms with Crippen molar-refractivity contribution in [3.05, 3.63) is 54.2 Å². The van der Waals surface area contributed by atoms with Crippen LogP contribution >= 0.6 is 0 Å². The third-order valence-electron chi connectivity index (χ3n) is 4.20. The summed E-state index contributed by atoms with van der Waals surface area (Å²) in [5, 5.41) is 2.93. The molecule has 1 atom stereocenters. The maximum absolute atomic E-state index is 12.5. The van der Waals surface area contributed by atoms with E-state index in [-0.39, 0.29) is 17.6 Å². The standard InChI is InChI=1S/C18H21N3O3/c22-17(20-11-9-14-6-1-3-10-19-14)15-7-2-4-12-21(15)18(23)16-8-5-13-24-16/h1,3,5-6,8,10,13,15H,2,4,7,9,11-12H2,(H,20,22).